The van der Waals surface area contributed by atoms with Gasteiger partial charge >= 0.3 is 6.09 Å². The number of anilines is 1. The van der Waals surface area contributed by atoms with Crippen molar-refractivity contribution in [2.24, 2.45) is 0 Å². The average Bonchev–Trinajstić information content (AvgIpc) is 2.71. The van der Waals surface area contributed by atoms with E-state index >= 15 is 0 Å². The number of hydrogen-bond acceptors (Lipinski definition) is 3. The third-order valence-corrected chi connectivity index (χ3v) is 4.82. The number of ether oxygens (including phenoxy) is 1. The van der Waals surface area contributed by atoms with Crippen molar-refractivity contribution in [2.45, 2.75) is 82.8 Å². The Hall–Kier alpha value is -1.80. The molecule has 146 valence electrons. The Bertz CT molecular complexity index is 708. The molecule has 0 saturated heterocycles. The van der Waals surface area contributed by atoms with Crippen molar-refractivity contribution in [3.63, 3.8) is 0 Å². The molecule has 0 aliphatic heterocycles. The molecule has 0 aromatic carbocycles. The van der Waals surface area contributed by atoms with Crippen LogP contribution in [0.4, 0.5) is 28.2 Å². The molecule has 2 saturated carbocycles. The highest BCUT2D eigenvalue weighted by atomic mass is 19.3. The van der Waals surface area contributed by atoms with Crippen molar-refractivity contribution < 1.29 is 27.1 Å². The lowest BCUT2D eigenvalue weighted by molar-refractivity contribution is -0.142. The lowest BCUT2D eigenvalue weighted by Crippen LogP contribution is -2.43. The number of alkyl halides is 4. The van der Waals surface area contributed by atoms with Gasteiger partial charge in [0.25, 0.3) is 5.92 Å². The lowest BCUT2D eigenvalue weighted by atomic mass is 9.78. The second-order valence-corrected chi connectivity index (χ2v) is 8.32. The number of halogens is 4. The molecule has 0 unspecified atom stereocenters. The molecule has 1 heterocycles. The van der Waals surface area contributed by atoms with Crippen LogP contribution in [0.15, 0.2) is 0 Å². The van der Waals surface area contributed by atoms with Gasteiger partial charge in [0.05, 0.1) is 11.2 Å². The molecule has 1 N–H and O–H groups in total. The maximum Gasteiger partial charge on any atom is 0.413 e. The van der Waals surface area contributed by atoms with Crippen LogP contribution in [0.1, 0.15) is 63.6 Å². The van der Waals surface area contributed by atoms with Gasteiger partial charge in [-0.2, -0.15) is 5.10 Å². The van der Waals surface area contributed by atoms with Gasteiger partial charge in [-0.15, -0.1) is 0 Å². The molecule has 0 spiro atoms. The monoisotopic (exact) mass is 377 g/mol. The molecule has 1 amide bonds. The molecule has 9 heteroatoms. The maximum absolute atomic E-state index is 13.2. The Labute approximate surface area is 149 Å². The van der Waals surface area contributed by atoms with Crippen LogP contribution in [0.2, 0.25) is 0 Å². The molecule has 1 aromatic heterocycles. The van der Waals surface area contributed by atoms with Crippen LogP contribution in [0.25, 0.3) is 0 Å². The number of carbonyl (C=O) groups excluding carboxylic acids is 1. The lowest BCUT2D eigenvalue weighted by Gasteiger charge is -2.34. The Morgan fingerprint density at radius 3 is 2.15 bits per heavy atom. The minimum atomic E-state index is -2.78. The molecule has 5 nitrogen and oxygen atoms in total. The Morgan fingerprint density at radius 2 is 1.69 bits per heavy atom. The van der Waals surface area contributed by atoms with E-state index in [2.05, 4.69) is 10.4 Å². The maximum atomic E-state index is 13.2. The van der Waals surface area contributed by atoms with E-state index in [0.29, 0.717) is 17.1 Å². The van der Waals surface area contributed by atoms with Crippen molar-refractivity contribution in [1.29, 1.82) is 0 Å². The number of hydrogen-bond donors (Lipinski definition) is 1. The topological polar surface area (TPSA) is 56.2 Å². The number of nitrogens with zero attached hydrogens (tertiary/aromatic N) is 2. The molecule has 2 aliphatic carbocycles. The van der Waals surface area contributed by atoms with Gasteiger partial charge in [-0.3, -0.25) is 5.32 Å². The molecule has 0 atom stereocenters. The van der Waals surface area contributed by atoms with Crippen LogP contribution in [-0.4, -0.2) is 33.8 Å². The van der Waals surface area contributed by atoms with E-state index in [-0.39, 0.29) is 18.8 Å². The fraction of sp³-hybridized carbons (Fsp3) is 0.765. The number of rotatable bonds is 3. The van der Waals surface area contributed by atoms with E-state index in [0.717, 1.165) is 0 Å². The first-order valence-corrected chi connectivity index (χ1v) is 8.61. The van der Waals surface area contributed by atoms with Crippen molar-refractivity contribution in [3.05, 3.63) is 11.3 Å². The average molecular weight is 377 g/mol. The SMILES string of the molecule is Cc1c(C2CC(F)(F)C2)nn(C(C)(C)C)c1NC(=O)OC1CC(F)(F)C1. The molecule has 0 radical (unpaired) electrons. The van der Waals surface area contributed by atoms with Gasteiger partial charge in [-0.1, -0.05) is 0 Å². The van der Waals surface area contributed by atoms with E-state index in [1.807, 2.05) is 20.8 Å². The fourth-order valence-electron chi connectivity index (χ4n) is 3.35. The highest BCUT2D eigenvalue weighted by Crippen LogP contribution is 2.49. The summed E-state index contributed by atoms with van der Waals surface area (Å²) < 4.78 is 58.7. The first kappa shape index (κ1) is 19.0. The Morgan fingerprint density at radius 1 is 1.15 bits per heavy atom. The highest BCUT2D eigenvalue weighted by Gasteiger charge is 2.49. The molecular formula is C17H23F4N3O2. The van der Waals surface area contributed by atoms with Gasteiger partial charge in [-0.05, 0) is 27.7 Å². The summed E-state index contributed by atoms with van der Waals surface area (Å²) in [4.78, 5) is 12.1. The van der Waals surface area contributed by atoms with E-state index in [9.17, 15) is 22.4 Å². The van der Waals surface area contributed by atoms with Crippen molar-refractivity contribution >= 4 is 11.9 Å². The van der Waals surface area contributed by atoms with Gasteiger partial charge < -0.3 is 4.74 Å². The summed E-state index contributed by atoms with van der Waals surface area (Å²) in [5, 5.41) is 7.01. The van der Waals surface area contributed by atoms with Crippen LogP contribution in [-0.2, 0) is 10.3 Å². The van der Waals surface area contributed by atoms with Gasteiger partial charge in [0.15, 0.2) is 0 Å². The Balaban J connectivity index is 1.77. The summed E-state index contributed by atoms with van der Waals surface area (Å²) in [6, 6.07) is 0. The predicted molar refractivity (Wildman–Crippen MR) is 87.0 cm³/mol. The third-order valence-electron chi connectivity index (χ3n) is 4.82. The van der Waals surface area contributed by atoms with Crippen LogP contribution >= 0.6 is 0 Å². The first-order chi connectivity index (χ1) is 11.8. The first-order valence-electron chi connectivity index (χ1n) is 8.61. The zero-order valence-corrected chi connectivity index (χ0v) is 15.2. The quantitative estimate of drug-likeness (QED) is 0.770. The highest BCUT2D eigenvalue weighted by molar-refractivity contribution is 5.85. The van der Waals surface area contributed by atoms with Crippen molar-refractivity contribution in [3.8, 4) is 0 Å². The second kappa shape index (κ2) is 5.85. The third kappa shape index (κ3) is 3.66. The van der Waals surface area contributed by atoms with Crippen molar-refractivity contribution in [2.75, 3.05) is 5.32 Å². The van der Waals surface area contributed by atoms with Crippen molar-refractivity contribution in [1.82, 2.24) is 9.78 Å². The smallest absolute Gasteiger partial charge is 0.413 e. The summed E-state index contributed by atoms with van der Waals surface area (Å²) in [6.07, 6.45) is -3.17. The zero-order chi connectivity index (χ0) is 19.5. The summed E-state index contributed by atoms with van der Waals surface area (Å²) in [5.41, 5.74) is 0.606. The van der Waals surface area contributed by atoms with Crippen LogP contribution < -0.4 is 5.32 Å². The van der Waals surface area contributed by atoms with Gasteiger partial charge in [0.2, 0.25) is 5.92 Å². The molecule has 2 fully saturated rings. The molecule has 1 aromatic rings. The zero-order valence-electron chi connectivity index (χ0n) is 15.2. The fourth-order valence-corrected chi connectivity index (χ4v) is 3.35. The molecule has 2 aliphatic rings. The largest absolute Gasteiger partial charge is 0.445 e. The van der Waals surface area contributed by atoms with Crippen LogP contribution in [0.3, 0.4) is 0 Å². The van der Waals surface area contributed by atoms with Gasteiger partial charge in [0.1, 0.15) is 11.9 Å². The number of carbonyl (C=O) groups is 1. The normalized spacial score (nSPS) is 22.5. The summed E-state index contributed by atoms with van der Waals surface area (Å²) in [6.45, 7) is 7.29. The summed E-state index contributed by atoms with van der Waals surface area (Å²) in [7, 11) is 0. The van der Waals surface area contributed by atoms with Gasteiger partial charge in [-0.25, -0.2) is 27.0 Å². The standard InChI is InChI=1S/C17H23F4N3O2/c1-9-12(10-5-16(18,19)6-10)23-24(15(2,3)4)13(9)22-14(25)26-11-7-17(20,21)8-11/h10-11H,5-8H2,1-4H3,(H,22,25). The molecule has 3 rings (SSSR count). The number of nitrogens with one attached hydrogen (secondary N) is 1. The van der Waals surface area contributed by atoms with E-state index in [4.69, 9.17) is 4.74 Å². The second-order valence-electron chi connectivity index (χ2n) is 8.32. The van der Waals surface area contributed by atoms with Crippen LogP contribution in [0, 0.1) is 6.92 Å². The summed E-state index contributed by atoms with van der Waals surface area (Å²) in [5.74, 6) is -5.48. The summed E-state index contributed by atoms with van der Waals surface area (Å²) >= 11 is 0. The number of aromatic nitrogens is 2. The van der Waals surface area contributed by atoms with E-state index in [1.54, 1.807) is 11.6 Å². The number of amides is 1. The van der Waals surface area contributed by atoms with Gasteiger partial charge in [0, 0.05) is 37.2 Å². The molecule has 0 bridgehead atoms. The molecule has 26 heavy (non-hydrogen) atoms. The minimum Gasteiger partial charge on any atom is -0.445 e. The Kier molecular flexibility index (Phi) is 4.27. The van der Waals surface area contributed by atoms with E-state index < -0.39 is 42.4 Å². The van der Waals surface area contributed by atoms with Crippen LogP contribution in [0.5, 0.6) is 0 Å². The minimum absolute atomic E-state index is 0.268. The molecular weight excluding hydrogens is 354 g/mol. The van der Waals surface area contributed by atoms with E-state index in [1.165, 1.54) is 0 Å². The predicted octanol–water partition coefficient (Wildman–Crippen LogP) is 4.81.